The van der Waals surface area contributed by atoms with Gasteiger partial charge in [0.05, 0.1) is 5.41 Å². The summed E-state index contributed by atoms with van der Waals surface area (Å²) in [5.74, 6) is -0.752. The number of carboxylic acid groups (broad SMARTS) is 1. The van der Waals surface area contributed by atoms with Crippen LogP contribution in [0.25, 0.3) is 0 Å². The molecule has 0 heterocycles. The molecule has 0 bridgehead atoms. The number of carboxylic acids is 1. The quantitative estimate of drug-likeness (QED) is 0.643. The third kappa shape index (κ3) is 3.22. The fourth-order valence-corrected chi connectivity index (χ4v) is 1.36. The van der Waals surface area contributed by atoms with Gasteiger partial charge in [0.15, 0.2) is 0 Å². The molecule has 0 radical (unpaired) electrons. The summed E-state index contributed by atoms with van der Waals surface area (Å²) >= 11 is 0. The molecule has 1 unspecified atom stereocenters. The Hall–Kier alpha value is -0.570. The zero-order valence-corrected chi connectivity index (χ0v) is 7.84. The molecule has 0 aromatic rings. The summed E-state index contributed by atoms with van der Waals surface area (Å²) in [4.78, 5) is 10.8. The van der Waals surface area contributed by atoms with Crippen molar-refractivity contribution in [2.24, 2.45) is 5.41 Å². The van der Waals surface area contributed by atoms with Crippen molar-refractivity contribution in [1.29, 1.82) is 0 Å². The minimum absolute atomic E-state index is 0.0760. The van der Waals surface area contributed by atoms with Gasteiger partial charge in [-0.15, -0.1) is 0 Å². The van der Waals surface area contributed by atoms with Gasteiger partial charge in [0.25, 0.3) is 0 Å². The van der Waals surface area contributed by atoms with Gasteiger partial charge in [0.2, 0.25) is 0 Å². The van der Waals surface area contributed by atoms with Gasteiger partial charge in [0, 0.05) is 6.61 Å². The molecular formula is C9H18O3. The number of hydrogen-bond acceptors (Lipinski definition) is 2. The van der Waals surface area contributed by atoms with Crippen molar-refractivity contribution in [3.63, 3.8) is 0 Å². The van der Waals surface area contributed by atoms with Crippen LogP contribution in [0.4, 0.5) is 0 Å². The first kappa shape index (κ1) is 11.4. The summed E-state index contributed by atoms with van der Waals surface area (Å²) < 4.78 is 0. The molecule has 72 valence electrons. The number of hydrogen-bond donors (Lipinski definition) is 2. The second kappa shape index (κ2) is 5.14. The van der Waals surface area contributed by atoms with E-state index in [1.807, 2.05) is 6.92 Å². The second-order valence-corrected chi connectivity index (χ2v) is 3.44. The summed E-state index contributed by atoms with van der Waals surface area (Å²) in [6, 6.07) is 0. The van der Waals surface area contributed by atoms with E-state index in [1.165, 1.54) is 0 Å². The SMILES string of the molecule is CCCC(C)(CCCO)C(=O)O. The van der Waals surface area contributed by atoms with E-state index in [-0.39, 0.29) is 6.61 Å². The molecule has 0 aliphatic carbocycles. The van der Waals surface area contributed by atoms with Gasteiger partial charge in [-0.05, 0) is 26.2 Å². The summed E-state index contributed by atoms with van der Waals surface area (Å²) in [6.45, 7) is 3.79. The van der Waals surface area contributed by atoms with Gasteiger partial charge in [-0.2, -0.15) is 0 Å². The monoisotopic (exact) mass is 174 g/mol. The summed E-state index contributed by atoms with van der Waals surface area (Å²) in [6.07, 6.45) is 2.69. The number of aliphatic carboxylic acids is 1. The van der Waals surface area contributed by atoms with Crippen LogP contribution in [0.3, 0.4) is 0 Å². The van der Waals surface area contributed by atoms with E-state index >= 15 is 0 Å². The van der Waals surface area contributed by atoms with Crippen molar-refractivity contribution in [3.05, 3.63) is 0 Å². The molecule has 0 amide bonds. The lowest BCUT2D eigenvalue weighted by molar-refractivity contribution is -0.149. The highest BCUT2D eigenvalue weighted by Gasteiger charge is 2.30. The lowest BCUT2D eigenvalue weighted by Crippen LogP contribution is -2.27. The van der Waals surface area contributed by atoms with E-state index in [0.717, 1.165) is 6.42 Å². The molecule has 0 aliphatic rings. The Morgan fingerprint density at radius 2 is 2.00 bits per heavy atom. The van der Waals surface area contributed by atoms with E-state index < -0.39 is 11.4 Å². The Kier molecular flexibility index (Phi) is 4.90. The molecule has 0 saturated carbocycles. The fraction of sp³-hybridized carbons (Fsp3) is 0.889. The van der Waals surface area contributed by atoms with Gasteiger partial charge >= 0.3 is 5.97 Å². The minimum Gasteiger partial charge on any atom is -0.481 e. The fourth-order valence-electron chi connectivity index (χ4n) is 1.36. The number of carbonyl (C=O) groups is 1. The zero-order chi connectivity index (χ0) is 9.61. The van der Waals surface area contributed by atoms with E-state index in [0.29, 0.717) is 19.3 Å². The Morgan fingerprint density at radius 1 is 1.42 bits per heavy atom. The molecule has 1 atom stereocenters. The predicted octanol–water partition coefficient (Wildman–Crippen LogP) is 1.65. The minimum atomic E-state index is -0.752. The lowest BCUT2D eigenvalue weighted by Gasteiger charge is -2.23. The Balaban J connectivity index is 4.08. The van der Waals surface area contributed by atoms with Crippen LogP contribution in [-0.2, 0) is 4.79 Å². The van der Waals surface area contributed by atoms with Crippen molar-refractivity contribution in [2.45, 2.75) is 39.5 Å². The standard InChI is InChI=1S/C9H18O3/c1-3-5-9(2,8(11)12)6-4-7-10/h10H,3-7H2,1-2H3,(H,11,12). The third-order valence-corrected chi connectivity index (χ3v) is 2.20. The van der Waals surface area contributed by atoms with Crippen LogP contribution in [-0.4, -0.2) is 22.8 Å². The zero-order valence-electron chi connectivity index (χ0n) is 7.84. The average Bonchev–Trinajstić information content (AvgIpc) is 2.01. The van der Waals surface area contributed by atoms with E-state index in [9.17, 15) is 4.79 Å². The molecule has 0 aromatic heterocycles. The van der Waals surface area contributed by atoms with Crippen LogP contribution in [0, 0.1) is 5.41 Å². The third-order valence-electron chi connectivity index (χ3n) is 2.20. The first-order valence-corrected chi connectivity index (χ1v) is 4.41. The highest BCUT2D eigenvalue weighted by atomic mass is 16.4. The molecule has 0 aromatic carbocycles. The average molecular weight is 174 g/mol. The maximum Gasteiger partial charge on any atom is 0.309 e. The van der Waals surface area contributed by atoms with Gasteiger partial charge in [-0.25, -0.2) is 0 Å². The van der Waals surface area contributed by atoms with Crippen LogP contribution in [0.5, 0.6) is 0 Å². The van der Waals surface area contributed by atoms with E-state index in [1.54, 1.807) is 6.92 Å². The van der Waals surface area contributed by atoms with Crippen molar-refractivity contribution >= 4 is 5.97 Å². The maximum atomic E-state index is 10.8. The largest absolute Gasteiger partial charge is 0.481 e. The second-order valence-electron chi connectivity index (χ2n) is 3.44. The number of aliphatic hydroxyl groups excluding tert-OH is 1. The number of rotatable bonds is 6. The summed E-state index contributed by atoms with van der Waals surface area (Å²) in [7, 11) is 0. The first-order chi connectivity index (χ1) is 5.56. The molecule has 12 heavy (non-hydrogen) atoms. The highest BCUT2D eigenvalue weighted by Crippen LogP contribution is 2.29. The number of aliphatic hydroxyl groups is 1. The molecule has 0 spiro atoms. The molecule has 0 rings (SSSR count). The van der Waals surface area contributed by atoms with Crippen LogP contribution in [0.15, 0.2) is 0 Å². The normalized spacial score (nSPS) is 15.6. The van der Waals surface area contributed by atoms with Crippen molar-refractivity contribution in [2.75, 3.05) is 6.61 Å². The van der Waals surface area contributed by atoms with Gasteiger partial charge in [0.1, 0.15) is 0 Å². The molecule has 3 heteroatoms. The molecule has 3 nitrogen and oxygen atoms in total. The first-order valence-electron chi connectivity index (χ1n) is 4.41. The van der Waals surface area contributed by atoms with Crippen molar-refractivity contribution in [3.8, 4) is 0 Å². The van der Waals surface area contributed by atoms with E-state index in [2.05, 4.69) is 0 Å². The molecule has 0 saturated heterocycles. The molecule has 0 aliphatic heterocycles. The Labute approximate surface area is 73.4 Å². The Bertz CT molecular complexity index is 145. The Morgan fingerprint density at radius 3 is 2.33 bits per heavy atom. The molecule has 2 N–H and O–H groups in total. The van der Waals surface area contributed by atoms with Gasteiger partial charge < -0.3 is 10.2 Å². The summed E-state index contributed by atoms with van der Waals surface area (Å²) in [5, 5.41) is 17.5. The van der Waals surface area contributed by atoms with E-state index in [4.69, 9.17) is 10.2 Å². The smallest absolute Gasteiger partial charge is 0.309 e. The molecule has 0 fully saturated rings. The van der Waals surface area contributed by atoms with Gasteiger partial charge in [-0.1, -0.05) is 13.3 Å². The maximum absolute atomic E-state index is 10.8. The van der Waals surface area contributed by atoms with Gasteiger partial charge in [-0.3, -0.25) is 4.79 Å². The highest BCUT2D eigenvalue weighted by molar-refractivity contribution is 5.73. The van der Waals surface area contributed by atoms with Crippen LogP contribution >= 0.6 is 0 Å². The predicted molar refractivity (Wildman–Crippen MR) is 47.0 cm³/mol. The van der Waals surface area contributed by atoms with Crippen molar-refractivity contribution in [1.82, 2.24) is 0 Å². The van der Waals surface area contributed by atoms with Crippen LogP contribution in [0.1, 0.15) is 39.5 Å². The van der Waals surface area contributed by atoms with Crippen molar-refractivity contribution < 1.29 is 15.0 Å². The van der Waals surface area contributed by atoms with Crippen LogP contribution in [0.2, 0.25) is 0 Å². The topological polar surface area (TPSA) is 57.5 Å². The molecular weight excluding hydrogens is 156 g/mol. The summed E-state index contributed by atoms with van der Waals surface area (Å²) in [5.41, 5.74) is -0.641. The lowest BCUT2D eigenvalue weighted by atomic mass is 9.81. The van der Waals surface area contributed by atoms with Crippen LogP contribution < -0.4 is 0 Å².